The molecule has 0 aliphatic carbocycles. The van der Waals surface area contributed by atoms with Crippen molar-refractivity contribution in [3.8, 4) is 0 Å². The van der Waals surface area contributed by atoms with E-state index in [0.29, 0.717) is 5.92 Å². The van der Waals surface area contributed by atoms with Crippen LogP contribution in [0.5, 0.6) is 0 Å². The van der Waals surface area contributed by atoms with Gasteiger partial charge in [0.15, 0.2) is 0 Å². The third-order valence-corrected chi connectivity index (χ3v) is 5.49. The Balaban J connectivity index is 0.000000924. The van der Waals surface area contributed by atoms with Crippen LogP contribution in [0.25, 0.3) is 0 Å². The van der Waals surface area contributed by atoms with Crippen LogP contribution in [-0.2, 0) is 6.42 Å². The molecule has 0 bridgehead atoms. The molecular weight excluding hydrogens is 278 g/mol. The predicted octanol–water partition coefficient (Wildman–Crippen LogP) is 5.88. The van der Waals surface area contributed by atoms with Crippen LogP contribution in [0.1, 0.15) is 55.9 Å². The van der Waals surface area contributed by atoms with Crippen molar-refractivity contribution in [2.45, 2.75) is 59.4 Å². The number of fused-ring (bicyclic) bond motifs is 1. The summed E-state index contributed by atoms with van der Waals surface area (Å²) in [5.41, 5.74) is 7.29. The molecule has 0 spiro atoms. The molecule has 1 aliphatic heterocycles. The summed E-state index contributed by atoms with van der Waals surface area (Å²) in [7, 11) is 2.25. The number of hydrogen-bond donors (Lipinski definition) is 0. The third kappa shape index (κ3) is 3.02. The summed E-state index contributed by atoms with van der Waals surface area (Å²) in [6.07, 6.45) is 1.13. The number of rotatable bonds is 2. The van der Waals surface area contributed by atoms with Gasteiger partial charge in [-0.3, -0.25) is 0 Å². The average molecular weight is 309 g/mol. The smallest absolute Gasteiger partial charge is 0.0477 e. The maximum absolute atomic E-state index is 2.50. The van der Waals surface area contributed by atoms with Gasteiger partial charge in [-0.15, -0.1) is 0 Å². The second-order valence-corrected chi connectivity index (χ2v) is 6.80. The molecule has 0 saturated carbocycles. The van der Waals surface area contributed by atoms with Crippen molar-refractivity contribution in [1.29, 1.82) is 0 Å². The van der Waals surface area contributed by atoms with E-state index in [1.807, 2.05) is 13.8 Å². The third-order valence-electron chi connectivity index (χ3n) is 5.49. The molecule has 3 rings (SSSR count). The van der Waals surface area contributed by atoms with Gasteiger partial charge in [-0.1, -0.05) is 57.2 Å². The molecular formula is C22H31N. The Hall–Kier alpha value is -1.76. The van der Waals surface area contributed by atoms with Crippen LogP contribution < -0.4 is 4.90 Å². The molecule has 2 unspecified atom stereocenters. The van der Waals surface area contributed by atoms with Crippen LogP contribution in [0.15, 0.2) is 42.5 Å². The summed E-state index contributed by atoms with van der Waals surface area (Å²) >= 11 is 0. The standard InChI is InChI=1S/C20H25N.C2H6/c1-14-11-15(2)18-13-20(4,21(5)19(18)12-14)16(3)17-9-7-6-8-10-17;1-2/h6-12,16H,13H2,1-5H3;1-2H3. The number of aryl methyl sites for hydroxylation is 2. The zero-order chi connectivity index (χ0) is 17.2. The number of nitrogens with zero attached hydrogens (tertiary/aromatic N) is 1. The lowest BCUT2D eigenvalue weighted by Crippen LogP contribution is -2.45. The monoisotopic (exact) mass is 309 g/mol. The van der Waals surface area contributed by atoms with Gasteiger partial charge in [-0.25, -0.2) is 0 Å². The molecule has 124 valence electrons. The summed E-state index contributed by atoms with van der Waals surface area (Å²) in [6, 6.07) is 15.5. The van der Waals surface area contributed by atoms with Gasteiger partial charge in [0.2, 0.25) is 0 Å². The highest BCUT2D eigenvalue weighted by Gasteiger charge is 2.42. The lowest BCUT2D eigenvalue weighted by atomic mass is 9.79. The van der Waals surface area contributed by atoms with Gasteiger partial charge in [-0.05, 0) is 55.5 Å². The minimum Gasteiger partial charge on any atom is -0.368 e. The van der Waals surface area contributed by atoms with Gasteiger partial charge < -0.3 is 4.90 Å². The fourth-order valence-electron chi connectivity index (χ4n) is 3.80. The summed E-state index contributed by atoms with van der Waals surface area (Å²) in [5, 5.41) is 0. The van der Waals surface area contributed by atoms with E-state index < -0.39 is 0 Å². The number of hydrogen-bond acceptors (Lipinski definition) is 1. The van der Waals surface area contributed by atoms with Crippen LogP contribution in [0, 0.1) is 13.8 Å². The van der Waals surface area contributed by atoms with Gasteiger partial charge in [-0.2, -0.15) is 0 Å². The van der Waals surface area contributed by atoms with Crippen molar-refractivity contribution < 1.29 is 0 Å². The summed E-state index contributed by atoms with van der Waals surface area (Å²) in [4.78, 5) is 2.50. The minimum atomic E-state index is 0.141. The fraction of sp³-hybridized carbons (Fsp3) is 0.455. The molecule has 0 amide bonds. The Labute approximate surface area is 142 Å². The first-order valence-electron chi connectivity index (χ1n) is 8.82. The molecule has 0 radical (unpaired) electrons. The lowest BCUT2D eigenvalue weighted by Gasteiger charge is -2.40. The van der Waals surface area contributed by atoms with Gasteiger partial charge in [0.05, 0.1) is 0 Å². The van der Waals surface area contributed by atoms with Crippen LogP contribution in [-0.4, -0.2) is 12.6 Å². The fourth-order valence-corrected chi connectivity index (χ4v) is 3.80. The number of anilines is 1. The highest BCUT2D eigenvalue weighted by molar-refractivity contribution is 5.65. The van der Waals surface area contributed by atoms with Crippen molar-refractivity contribution in [3.05, 3.63) is 64.7 Å². The molecule has 1 heterocycles. The normalized spacial score (nSPS) is 20.6. The van der Waals surface area contributed by atoms with Gasteiger partial charge >= 0.3 is 0 Å². The first kappa shape index (κ1) is 17.6. The number of likely N-dealkylation sites (N-methyl/N-ethyl adjacent to an activating group) is 1. The molecule has 1 heteroatoms. The zero-order valence-corrected chi connectivity index (χ0v) is 15.8. The molecule has 0 N–H and O–H groups in total. The first-order valence-corrected chi connectivity index (χ1v) is 8.82. The van der Waals surface area contributed by atoms with Crippen molar-refractivity contribution in [3.63, 3.8) is 0 Å². The molecule has 2 aromatic carbocycles. The van der Waals surface area contributed by atoms with Crippen molar-refractivity contribution >= 4 is 5.69 Å². The number of benzene rings is 2. The maximum Gasteiger partial charge on any atom is 0.0477 e. The van der Waals surface area contributed by atoms with Gasteiger partial charge in [0.25, 0.3) is 0 Å². The molecule has 1 nitrogen and oxygen atoms in total. The maximum atomic E-state index is 2.50. The molecule has 2 aromatic rings. The Morgan fingerprint density at radius 3 is 2.26 bits per heavy atom. The van der Waals surface area contributed by atoms with Crippen molar-refractivity contribution in [2.75, 3.05) is 11.9 Å². The zero-order valence-electron chi connectivity index (χ0n) is 15.8. The molecule has 0 fully saturated rings. The van der Waals surface area contributed by atoms with E-state index in [1.165, 1.54) is 27.9 Å². The van der Waals surface area contributed by atoms with E-state index in [2.05, 4.69) is 82.1 Å². The van der Waals surface area contributed by atoms with Crippen LogP contribution in [0.4, 0.5) is 5.69 Å². The summed E-state index contributed by atoms with van der Waals surface area (Å²) < 4.78 is 0. The second kappa shape index (κ2) is 6.78. The Kier molecular flexibility index (Phi) is 5.19. The van der Waals surface area contributed by atoms with Gasteiger partial charge in [0.1, 0.15) is 0 Å². The summed E-state index contributed by atoms with van der Waals surface area (Å²) in [5.74, 6) is 0.496. The van der Waals surface area contributed by atoms with Gasteiger partial charge in [0, 0.05) is 24.2 Å². The van der Waals surface area contributed by atoms with E-state index in [9.17, 15) is 0 Å². The highest BCUT2D eigenvalue weighted by atomic mass is 15.2. The Morgan fingerprint density at radius 2 is 1.65 bits per heavy atom. The molecule has 2 atom stereocenters. The lowest BCUT2D eigenvalue weighted by molar-refractivity contribution is 0.394. The minimum absolute atomic E-state index is 0.141. The molecule has 0 saturated heterocycles. The highest BCUT2D eigenvalue weighted by Crippen LogP contribution is 2.46. The van der Waals surface area contributed by atoms with Crippen LogP contribution >= 0.6 is 0 Å². The van der Waals surface area contributed by atoms with E-state index in [-0.39, 0.29) is 5.54 Å². The van der Waals surface area contributed by atoms with E-state index >= 15 is 0 Å². The van der Waals surface area contributed by atoms with Crippen molar-refractivity contribution in [2.24, 2.45) is 0 Å². The molecule has 23 heavy (non-hydrogen) atoms. The van der Waals surface area contributed by atoms with Crippen molar-refractivity contribution in [1.82, 2.24) is 0 Å². The topological polar surface area (TPSA) is 3.24 Å². The predicted molar refractivity (Wildman–Crippen MR) is 103 cm³/mol. The quantitative estimate of drug-likeness (QED) is 0.669. The first-order chi connectivity index (χ1) is 10.9. The SMILES string of the molecule is CC.Cc1cc(C)c2c(c1)N(C)C(C)(C(C)c1ccccc1)C2. The van der Waals surface area contributed by atoms with E-state index in [1.54, 1.807) is 0 Å². The summed E-state index contributed by atoms with van der Waals surface area (Å²) in [6.45, 7) is 13.2. The largest absolute Gasteiger partial charge is 0.368 e. The Morgan fingerprint density at radius 1 is 1.04 bits per heavy atom. The van der Waals surface area contributed by atoms with E-state index in [0.717, 1.165) is 6.42 Å². The molecule has 1 aliphatic rings. The Bertz CT molecular complexity index is 659. The van der Waals surface area contributed by atoms with Crippen LogP contribution in [0.3, 0.4) is 0 Å². The van der Waals surface area contributed by atoms with Crippen LogP contribution in [0.2, 0.25) is 0 Å². The second-order valence-electron chi connectivity index (χ2n) is 6.80. The molecule has 0 aromatic heterocycles. The van der Waals surface area contributed by atoms with E-state index in [4.69, 9.17) is 0 Å². The average Bonchev–Trinajstić information content (AvgIpc) is 2.83.